The normalized spacial score (nSPS) is 13.5. The predicted molar refractivity (Wildman–Crippen MR) is 98.7 cm³/mol. The molecule has 0 aliphatic carbocycles. The second kappa shape index (κ2) is 8.57. The molecule has 2 heterocycles. The Labute approximate surface area is 157 Å². The van der Waals surface area contributed by atoms with Gasteiger partial charge in [0.05, 0.1) is 18.7 Å². The Balaban J connectivity index is 1.53. The molecule has 1 fully saturated rings. The average molecular weight is 371 g/mol. The van der Waals surface area contributed by atoms with Crippen molar-refractivity contribution in [3.05, 3.63) is 53.7 Å². The monoisotopic (exact) mass is 371 g/mol. The first-order valence-corrected chi connectivity index (χ1v) is 8.88. The van der Waals surface area contributed by atoms with E-state index in [4.69, 9.17) is 0 Å². The van der Waals surface area contributed by atoms with Crippen molar-refractivity contribution in [1.82, 2.24) is 20.2 Å². The quantitative estimate of drug-likeness (QED) is 0.835. The van der Waals surface area contributed by atoms with Gasteiger partial charge in [0.2, 0.25) is 5.91 Å². The van der Waals surface area contributed by atoms with Gasteiger partial charge in [-0.1, -0.05) is 12.1 Å². The summed E-state index contributed by atoms with van der Waals surface area (Å²) in [6, 6.07) is 7.55. The number of amides is 2. The van der Waals surface area contributed by atoms with E-state index in [9.17, 15) is 14.0 Å². The third-order valence-corrected chi connectivity index (χ3v) is 4.40. The van der Waals surface area contributed by atoms with Crippen LogP contribution in [0.4, 0.5) is 10.2 Å². The molecule has 0 saturated carbocycles. The molecule has 3 rings (SSSR count). The topological polar surface area (TPSA) is 78.4 Å². The van der Waals surface area contributed by atoms with E-state index in [1.165, 1.54) is 30.1 Å². The van der Waals surface area contributed by atoms with Gasteiger partial charge in [-0.2, -0.15) is 0 Å². The fraction of sp³-hybridized carbons (Fsp3) is 0.368. The van der Waals surface area contributed by atoms with E-state index in [0.717, 1.165) is 31.7 Å². The number of nitrogens with zero attached hydrogens (tertiary/aromatic N) is 4. The predicted octanol–water partition coefficient (Wildman–Crippen LogP) is 1.60. The van der Waals surface area contributed by atoms with E-state index in [2.05, 4.69) is 20.2 Å². The Hall–Kier alpha value is -3.03. The highest BCUT2D eigenvalue weighted by Gasteiger charge is 2.18. The number of likely N-dealkylation sites (N-methyl/N-ethyl adjacent to an activating group) is 1. The van der Waals surface area contributed by atoms with Crippen LogP contribution in [0.1, 0.15) is 29.0 Å². The van der Waals surface area contributed by atoms with Gasteiger partial charge in [0.1, 0.15) is 17.5 Å². The van der Waals surface area contributed by atoms with Gasteiger partial charge in [-0.05, 0) is 31.0 Å². The molecule has 0 atom stereocenters. The molecule has 1 aromatic carbocycles. The van der Waals surface area contributed by atoms with E-state index in [1.54, 1.807) is 12.3 Å². The molecule has 1 N–H and O–H groups in total. The number of hydrogen-bond acceptors (Lipinski definition) is 5. The number of benzene rings is 1. The van der Waals surface area contributed by atoms with Crippen LogP contribution in [0.15, 0.2) is 36.5 Å². The van der Waals surface area contributed by atoms with Gasteiger partial charge in [0, 0.05) is 26.3 Å². The molecule has 142 valence electrons. The number of nitrogens with one attached hydrogen (secondary N) is 1. The highest BCUT2D eigenvalue weighted by molar-refractivity contribution is 5.96. The number of carbonyl (C=O) groups is 2. The van der Waals surface area contributed by atoms with E-state index in [-0.39, 0.29) is 24.6 Å². The molecule has 0 radical (unpaired) electrons. The van der Waals surface area contributed by atoms with Crippen LogP contribution in [-0.2, 0) is 11.3 Å². The van der Waals surface area contributed by atoms with Crippen molar-refractivity contribution in [2.75, 3.05) is 31.6 Å². The summed E-state index contributed by atoms with van der Waals surface area (Å²) in [7, 11) is 1.46. The van der Waals surface area contributed by atoms with Crippen LogP contribution in [0.5, 0.6) is 0 Å². The van der Waals surface area contributed by atoms with Crippen molar-refractivity contribution in [3.8, 4) is 0 Å². The molecular weight excluding hydrogens is 349 g/mol. The summed E-state index contributed by atoms with van der Waals surface area (Å²) < 4.78 is 13.7. The lowest BCUT2D eigenvalue weighted by Crippen LogP contribution is -2.38. The van der Waals surface area contributed by atoms with E-state index >= 15 is 0 Å². The second-order valence-corrected chi connectivity index (χ2v) is 6.44. The molecule has 1 aliphatic rings. The number of anilines is 1. The first-order valence-electron chi connectivity index (χ1n) is 8.88. The zero-order valence-electron chi connectivity index (χ0n) is 15.2. The van der Waals surface area contributed by atoms with E-state index in [1.807, 2.05) is 6.07 Å². The highest BCUT2D eigenvalue weighted by Crippen LogP contribution is 2.16. The van der Waals surface area contributed by atoms with Crippen molar-refractivity contribution < 1.29 is 14.0 Å². The van der Waals surface area contributed by atoms with Crippen molar-refractivity contribution in [3.63, 3.8) is 0 Å². The van der Waals surface area contributed by atoms with Gasteiger partial charge in [-0.15, -0.1) is 0 Å². The number of rotatable bonds is 6. The zero-order valence-corrected chi connectivity index (χ0v) is 15.2. The first kappa shape index (κ1) is 18.8. The Kier molecular flexibility index (Phi) is 5.95. The van der Waals surface area contributed by atoms with Gasteiger partial charge in [-0.3, -0.25) is 9.59 Å². The average Bonchev–Trinajstić information content (AvgIpc) is 3.21. The zero-order chi connectivity index (χ0) is 19.2. The molecule has 7 nitrogen and oxygen atoms in total. The largest absolute Gasteiger partial charge is 0.357 e. The Bertz CT molecular complexity index is 823. The molecule has 0 unspecified atom stereocenters. The fourth-order valence-electron chi connectivity index (χ4n) is 2.96. The lowest BCUT2D eigenvalue weighted by molar-refractivity contribution is -0.121. The molecule has 1 aromatic heterocycles. The van der Waals surface area contributed by atoms with Gasteiger partial charge in [0.15, 0.2) is 0 Å². The molecule has 8 heteroatoms. The molecule has 0 spiro atoms. The summed E-state index contributed by atoms with van der Waals surface area (Å²) >= 11 is 0. The summed E-state index contributed by atoms with van der Waals surface area (Å²) in [5.41, 5.74) is -0.0607. The van der Waals surface area contributed by atoms with Crippen molar-refractivity contribution in [2.45, 2.75) is 19.4 Å². The molecule has 2 aromatic rings. The second-order valence-electron chi connectivity index (χ2n) is 6.44. The van der Waals surface area contributed by atoms with E-state index < -0.39 is 11.7 Å². The van der Waals surface area contributed by atoms with Crippen molar-refractivity contribution in [2.24, 2.45) is 0 Å². The smallest absolute Gasteiger partial charge is 0.257 e. The van der Waals surface area contributed by atoms with Crippen molar-refractivity contribution >= 4 is 17.6 Å². The Morgan fingerprint density at radius 1 is 1.22 bits per heavy atom. The van der Waals surface area contributed by atoms with Gasteiger partial charge in [-0.25, -0.2) is 14.4 Å². The summed E-state index contributed by atoms with van der Waals surface area (Å²) in [6.45, 7) is 1.94. The maximum atomic E-state index is 13.7. The number of aromatic nitrogens is 2. The van der Waals surface area contributed by atoms with Gasteiger partial charge >= 0.3 is 0 Å². The minimum Gasteiger partial charge on any atom is -0.357 e. The molecule has 27 heavy (non-hydrogen) atoms. The maximum absolute atomic E-state index is 13.7. The number of halogens is 1. The molecule has 1 aliphatic heterocycles. The molecule has 1 saturated heterocycles. The molecular formula is C19H22FN5O2. The third-order valence-electron chi connectivity index (χ3n) is 4.40. The van der Waals surface area contributed by atoms with Crippen LogP contribution in [0, 0.1) is 5.82 Å². The fourth-order valence-corrected chi connectivity index (χ4v) is 2.96. The minimum atomic E-state index is -0.609. The Morgan fingerprint density at radius 3 is 2.70 bits per heavy atom. The lowest BCUT2D eigenvalue weighted by atomic mass is 10.2. The van der Waals surface area contributed by atoms with Gasteiger partial charge < -0.3 is 15.1 Å². The standard InChI is InChI=1S/C19H22FN5O2/c1-24(19(27)14-6-2-3-7-15(14)20)13-18(26)22-12-16-21-9-8-17(23-16)25-10-4-5-11-25/h2-3,6-9H,4-5,10-13H2,1H3,(H,22,26). The molecule has 0 bridgehead atoms. The minimum absolute atomic E-state index is 0.0607. The van der Waals surface area contributed by atoms with Crippen LogP contribution in [0.25, 0.3) is 0 Å². The maximum Gasteiger partial charge on any atom is 0.257 e. The van der Waals surface area contributed by atoms with E-state index in [0.29, 0.717) is 5.82 Å². The lowest BCUT2D eigenvalue weighted by Gasteiger charge is -2.18. The van der Waals surface area contributed by atoms with Crippen LogP contribution in [0.2, 0.25) is 0 Å². The summed E-state index contributed by atoms with van der Waals surface area (Å²) in [6.07, 6.45) is 3.98. The Morgan fingerprint density at radius 2 is 1.96 bits per heavy atom. The van der Waals surface area contributed by atoms with Crippen molar-refractivity contribution in [1.29, 1.82) is 0 Å². The number of carbonyl (C=O) groups excluding carboxylic acids is 2. The highest BCUT2D eigenvalue weighted by atomic mass is 19.1. The van der Waals surface area contributed by atoms with Gasteiger partial charge in [0.25, 0.3) is 5.91 Å². The number of hydrogen-bond donors (Lipinski definition) is 1. The van der Waals surface area contributed by atoms with Crippen LogP contribution < -0.4 is 10.2 Å². The third kappa shape index (κ3) is 4.78. The molecule has 2 amide bonds. The van der Waals surface area contributed by atoms with Crippen LogP contribution in [0.3, 0.4) is 0 Å². The summed E-state index contributed by atoms with van der Waals surface area (Å²) in [4.78, 5) is 36.4. The summed E-state index contributed by atoms with van der Waals surface area (Å²) in [5, 5.41) is 2.70. The summed E-state index contributed by atoms with van der Waals surface area (Å²) in [5.74, 6) is -0.149. The van der Waals surface area contributed by atoms with Crippen LogP contribution in [-0.4, -0.2) is 53.4 Å². The first-order chi connectivity index (χ1) is 13.0. The SMILES string of the molecule is CN(CC(=O)NCc1nccc(N2CCCC2)n1)C(=O)c1ccccc1F. The van der Waals surface area contributed by atoms with Crippen LogP contribution >= 0.6 is 0 Å².